The molecule has 2 fully saturated rings. The monoisotopic (exact) mass is 1010 g/mol. The van der Waals surface area contributed by atoms with Gasteiger partial charge in [0.1, 0.15) is 22.6 Å². The van der Waals surface area contributed by atoms with Crippen LogP contribution in [-0.4, -0.2) is 56.6 Å². The van der Waals surface area contributed by atoms with Gasteiger partial charge in [0.15, 0.2) is 0 Å². The van der Waals surface area contributed by atoms with Gasteiger partial charge in [-0.25, -0.2) is 0 Å². The molecule has 2 aliphatic rings. The fourth-order valence-electron chi connectivity index (χ4n) is 8.83. The van der Waals surface area contributed by atoms with E-state index in [-0.39, 0.29) is 96.9 Å². The number of halogens is 12. The summed E-state index contributed by atoms with van der Waals surface area (Å²) in [6.07, 6.45) is -22.9. The van der Waals surface area contributed by atoms with E-state index >= 15 is 0 Å². The molecule has 12 nitrogen and oxygen atoms in total. The quantitative estimate of drug-likeness (QED) is 0.0701. The lowest BCUT2D eigenvalue weighted by molar-refractivity contribution is -0.576. The summed E-state index contributed by atoms with van der Waals surface area (Å²) in [7, 11) is 0. The topological polar surface area (TPSA) is 179 Å². The van der Waals surface area contributed by atoms with Crippen molar-refractivity contribution in [1.82, 2.24) is 0 Å². The second-order valence-corrected chi connectivity index (χ2v) is 17.9. The summed E-state index contributed by atoms with van der Waals surface area (Å²) in [5, 5.41) is 40.7. The van der Waals surface area contributed by atoms with Crippen LogP contribution in [0.25, 0.3) is 21.5 Å². The summed E-state index contributed by atoms with van der Waals surface area (Å²) in [6, 6.07) is 11.6. The highest BCUT2D eigenvalue weighted by Crippen LogP contribution is 2.47. The van der Waals surface area contributed by atoms with E-state index < -0.39 is 117 Å². The molecule has 2 saturated carbocycles. The number of hydrogen-bond donors (Lipinski definition) is 2. The second kappa shape index (κ2) is 20.7. The molecule has 2 unspecified atom stereocenters. The van der Waals surface area contributed by atoms with Gasteiger partial charge in [-0.05, 0) is 97.2 Å². The molecule has 0 radical (unpaired) electrons. The van der Waals surface area contributed by atoms with E-state index in [1.807, 2.05) is 0 Å². The smallest absolute Gasteiger partial charge is 0.420 e. The maximum atomic E-state index is 14.0. The number of rotatable bonds is 14. The first-order valence-electron chi connectivity index (χ1n) is 21.7. The molecule has 384 valence electrons. The lowest BCUT2D eigenvalue weighted by atomic mass is 9.86. The summed E-state index contributed by atoms with van der Waals surface area (Å²) in [6.45, 7) is 2.41. The van der Waals surface area contributed by atoms with Crippen LogP contribution in [0.3, 0.4) is 0 Å². The number of hydrogen-bond acceptors (Lipinski definition) is 8. The summed E-state index contributed by atoms with van der Waals surface area (Å²) < 4.78 is 172. The first-order chi connectivity index (χ1) is 32.2. The van der Waals surface area contributed by atoms with Gasteiger partial charge < -0.3 is 19.7 Å². The molecule has 0 bridgehead atoms. The fourth-order valence-corrected chi connectivity index (χ4v) is 8.83. The minimum atomic E-state index is -4.87. The number of carboxylic acid groups (broad SMARTS) is 2. The van der Waals surface area contributed by atoms with Gasteiger partial charge in [-0.3, -0.25) is 29.8 Å². The number of aliphatic carboxylic acids is 2. The Balaban J connectivity index is 0.000000261. The van der Waals surface area contributed by atoms with Crippen molar-refractivity contribution >= 4 is 33.5 Å². The second-order valence-electron chi connectivity index (χ2n) is 17.9. The number of nitro groups is 2. The molecular weight excluding hydrogens is 968 g/mol. The number of carbonyl (C=O) groups is 2. The van der Waals surface area contributed by atoms with E-state index in [1.54, 1.807) is 0 Å². The predicted octanol–water partition coefficient (Wildman–Crippen LogP) is 13.4. The molecule has 0 amide bonds. The third kappa shape index (κ3) is 12.8. The van der Waals surface area contributed by atoms with E-state index in [0.717, 1.165) is 36.4 Å². The summed E-state index contributed by atoms with van der Waals surface area (Å²) in [5.41, 5.74) is -5.82. The molecular formula is C46H46F12N2O10. The third-order valence-corrected chi connectivity index (χ3v) is 13.1. The highest BCUT2D eigenvalue weighted by molar-refractivity contribution is 5.90. The van der Waals surface area contributed by atoms with Crippen LogP contribution in [0.2, 0.25) is 0 Å². The Morgan fingerprint density at radius 2 is 0.857 bits per heavy atom. The molecule has 24 heteroatoms. The standard InChI is InChI=1S/2C23H23F6NO5/c2*1-21(30(33)34,11-10-19(31)32)15-5-8-17-13(12-15)2-9-18(20(17)23(27,28)29)35-16-6-3-14(4-7-16)22(24,25)26/h2*2,5,8-9,12,14,16H,3-4,6-7,10-11H2,1H3,(H,31,32). The summed E-state index contributed by atoms with van der Waals surface area (Å²) in [4.78, 5) is 43.9. The van der Waals surface area contributed by atoms with Crippen LogP contribution < -0.4 is 9.47 Å². The highest BCUT2D eigenvalue weighted by Gasteiger charge is 2.46. The van der Waals surface area contributed by atoms with Crippen molar-refractivity contribution in [1.29, 1.82) is 0 Å². The number of carboxylic acids is 2. The van der Waals surface area contributed by atoms with E-state index in [2.05, 4.69) is 0 Å². The Kier molecular flexibility index (Phi) is 16.2. The predicted molar refractivity (Wildman–Crippen MR) is 225 cm³/mol. The molecule has 2 aliphatic carbocycles. The van der Waals surface area contributed by atoms with Gasteiger partial charge in [-0.15, -0.1) is 0 Å². The first-order valence-corrected chi connectivity index (χ1v) is 21.7. The minimum absolute atomic E-state index is 0.0337. The van der Waals surface area contributed by atoms with Gasteiger partial charge in [0, 0.05) is 47.7 Å². The Morgan fingerprint density at radius 3 is 1.11 bits per heavy atom. The van der Waals surface area contributed by atoms with Crippen molar-refractivity contribution in [3.63, 3.8) is 0 Å². The molecule has 2 atom stereocenters. The van der Waals surface area contributed by atoms with Gasteiger partial charge in [0.2, 0.25) is 11.1 Å². The minimum Gasteiger partial charge on any atom is -0.490 e. The van der Waals surface area contributed by atoms with Crippen LogP contribution in [0.5, 0.6) is 11.5 Å². The van der Waals surface area contributed by atoms with Crippen LogP contribution in [0.15, 0.2) is 60.7 Å². The van der Waals surface area contributed by atoms with Crippen LogP contribution >= 0.6 is 0 Å². The van der Waals surface area contributed by atoms with E-state index in [1.165, 1.54) is 38.1 Å². The van der Waals surface area contributed by atoms with Crippen LogP contribution in [-0.2, 0) is 33.0 Å². The fraction of sp³-hybridized carbons (Fsp3) is 0.522. The summed E-state index contributed by atoms with van der Waals surface area (Å²) >= 11 is 0. The molecule has 4 aromatic carbocycles. The lowest BCUT2D eigenvalue weighted by Crippen LogP contribution is -2.32. The Morgan fingerprint density at radius 1 is 0.543 bits per heavy atom. The number of alkyl halides is 12. The van der Waals surface area contributed by atoms with E-state index in [9.17, 15) is 82.5 Å². The number of fused-ring (bicyclic) bond motifs is 2. The van der Waals surface area contributed by atoms with Crippen LogP contribution in [0.1, 0.15) is 113 Å². The maximum absolute atomic E-state index is 14.0. The Hall–Kier alpha value is -6.10. The van der Waals surface area contributed by atoms with Gasteiger partial charge >= 0.3 is 36.6 Å². The number of nitrogens with zero attached hydrogens (tertiary/aromatic N) is 2. The summed E-state index contributed by atoms with van der Waals surface area (Å²) in [5.74, 6) is -6.53. The van der Waals surface area contributed by atoms with Crippen molar-refractivity contribution in [2.24, 2.45) is 11.8 Å². The average Bonchev–Trinajstić information content (AvgIpc) is 3.25. The molecule has 0 saturated heterocycles. The van der Waals surface area contributed by atoms with Gasteiger partial charge in [0.05, 0.1) is 36.9 Å². The molecule has 2 N–H and O–H groups in total. The molecule has 0 aliphatic heterocycles. The average molecular weight is 1010 g/mol. The van der Waals surface area contributed by atoms with Crippen molar-refractivity contribution in [3.05, 3.63) is 103 Å². The Labute approximate surface area is 390 Å². The largest absolute Gasteiger partial charge is 0.490 e. The zero-order valence-corrected chi connectivity index (χ0v) is 37.2. The SMILES string of the molecule is CC(CCC(=O)O)(c1ccc2c(C(F)(F)F)c(OC3CCC(C(F)(F)F)CC3)ccc2c1)[N+](=O)[O-].CC(CCC(=O)O)(c1ccc2c(C(F)(F)F)c(OC3CCC(C(F)(F)F)CC3)ccc2c1)[N+](=O)[O-]. The highest BCUT2D eigenvalue weighted by atomic mass is 19.4. The van der Waals surface area contributed by atoms with Crippen molar-refractivity contribution in [3.8, 4) is 11.5 Å². The number of ether oxygens (including phenoxy) is 2. The van der Waals surface area contributed by atoms with E-state index in [0.29, 0.717) is 0 Å². The molecule has 0 spiro atoms. The van der Waals surface area contributed by atoms with Crippen LogP contribution in [0, 0.1) is 32.1 Å². The zero-order valence-electron chi connectivity index (χ0n) is 37.2. The third-order valence-electron chi connectivity index (χ3n) is 13.1. The first kappa shape index (κ1) is 54.8. The molecule has 6 rings (SSSR count). The number of benzene rings is 4. The van der Waals surface area contributed by atoms with Gasteiger partial charge in [0.25, 0.3) is 0 Å². The molecule has 4 aromatic rings. The molecule has 0 heterocycles. The maximum Gasteiger partial charge on any atom is 0.420 e. The van der Waals surface area contributed by atoms with Crippen molar-refractivity contribution < 1.29 is 91.8 Å². The van der Waals surface area contributed by atoms with Gasteiger partial charge in [-0.2, -0.15) is 52.7 Å². The van der Waals surface area contributed by atoms with Crippen molar-refractivity contribution in [2.75, 3.05) is 0 Å². The normalized spacial score (nSPS) is 20.9. The molecule has 70 heavy (non-hydrogen) atoms. The Bertz CT molecular complexity index is 2390. The lowest BCUT2D eigenvalue weighted by Gasteiger charge is -2.31. The van der Waals surface area contributed by atoms with E-state index in [4.69, 9.17) is 19.7 Å². The zero-order chi connectivity index (χ0) is 52.4. The van der Waals surface area contributed by atoms with Crippen molar-refractivity contribution in [2.45, 2.75) is 139 Å². The van der Waals surface area contributed by atoms with Crippen LogP contribution in [0.4, 0.5) is 52.7 Å². The van der Waals surface area contributed by atoms with Gasteiger partial charge in [-0.1, -0.05) is 36.4 Å². The molecule has 0 aromatic heterocycles.